The number of esters is 1. The zero-order chi connectivity index (χ0) is 9.84. The van der Waals surface area contributed by atoms with Crippen molar-refractivity contribution in [3.63, 3.8) is 0 Å². The van der Waals surface area contributed by atoms with E-state index in [-0.39, 0.29) is 11.5 Å². The highest BCUT2D eigenvalue weighted by Gasteiger charge is 2.05. The third-order valence-electron chi connectivity index (χ3n) is 1.66. The van der Waals surface area contributed by atoms with Gasteiger partial charge in [-0.25, -0.2) is 4.79 Å². The van der Waals surface area contributed by atoms with E-state index in [9.17, 15) is 4.79 Å². The number of hydrogen-bond acceptors (Lipinski definition) is 3. The summed E-state index contributed by atoms with van der Waals surface area (Å²) < 4.78 is 6.41. The Morgan fingerprint density at radius 1 is 1.69 bits per heavy atom. The molecule has 0 fully saturated rings. The minimum absolute atomic E-state index is 0.283. The van der Waals surface area contributed by atoms with E-state index in [0.29, 0.717) is 12.2 Å². The lowest BCUT2D eigenvalue weighted by Gasteiger charge is -2.02. The number of aryl methyl sites for hydroxylation is 1. The lowest BCUT2D eigenvalue weighted by Crippen LogP contribution is -2.17. The van der Waals surface area contributed by atoms with Crippen LogP contribution in [-0.4, -0.2) is 17.1 Å². The van der Waals surface area contributed by atoms with Crippen LogP contribution in [0.2, 0.25) is 0 Å². The number of hydrogen-bond donors (Lipinski definition) is 1. The van der Waals surface area contributed by atoms with Gasteiger partial charge in [-0.2, -0.15) is 0 Å². The minimum Gasteiger partial charge on any atom is -0.462 e. The maximum Gasteiger partial charge on any atom is 0.338 e. The van der Waals surface area contributed by atoms with E-state index >= 15 is 0 Å². The molecule has 0 aliphatic heterocycles. The van der Waals surface area contributed by atoms with Gasteiger partial charge >= 0.3 is 5.97 Å². The molecule has 0 aromatic carbocycles. The molecule has 13 heavy (non-hydrogen) atoms. The molecule has 0 aliphatic rings. The Balaban J connectivity index is 2.97. The number of rotatable bonds is 2. The molecule has 4 heteroatoms. The van der Waals surface area contributed by atoms with E-state index in [0.717, 1.165) is 0 Å². The fourth-order valence-corrected chi connectivity index (χ4v) is 0.911. The van der Waals surface area contributed by atoms with E-state index in [1.165, 1.54) is 6.07 Å². The van der Waals surface area contributed by atoms with Crippen LogP contribution in [-0.2, 0) is 11.8 Å². The van der Waals surface area contributed by atoms with Crippen LogP contribution in [0.25, 0.3) is 0 Å². The van der Waals surface area contributed by atoms with Crippen molar-refractivity contribution in [1.82, 2.24) is 4.57 Å². The highest BCUT2D eigenvalue weighted by atomic mass is 16.5. The Kier molecular flexibility index (Phi) is 2.84. The molecule has 0 saturated heterocycles. The molecule has 1 N–H and O–H groups in total. The van der Waals surface area contributed by atoms with Crippen molar-refractivity contribution < 1.29 is 9.53 Å². The highest BCUT2D eigenvalue weighted by Crippen LogP contribution is 1.96. The molecule has 0 aliphatic carbocycles. The second-order valence-electron chi connectivity index (χ2n) is 2.63. The zero-order valence-electron chi connectivity index (χ0n) is 7.70. The van der Waals surface area contributed by atoms with Gasteiger partial charge in [0.25, 0.3) is 0 Å². The summed E-state index contributed by atoms with van der Waals surface area (Å²) in [7, 11) is 1.75. The molecule has 1 aromatic rings. The molecule has 1 heterocycles. The summed E-state index contributed by atoms with van der Waals surface area (Å²) in [6, 6.07) is 3.12. The molecule has 0 bridgehead atoms. The van der Waals surface area contributed by atoms with Gasteiger partial charge in [0.1, 0.15) is 5.49 Å². The summed E-state index contributed by atoms with van der Waals surface area (Å²) in [6.07, 6.45) is 1.66. The first-order valence-electron chi connectivity index (χ1n) is 4.03. The summed E-state index contributed by atoms with van der Waals surface area (Å²) in [6.45, 7) is 2.11. The van der Waals surface area contributed by atoms with Crippen molar-refractivity contribution >= 4 is 5.97 Å². The summed E-state index contributed by atoms with van der Waals surface area (Å²) >= 11 is 0. The van der Waals surface area contributed by atoms with Crippen LogP contribution in [0.1, 0.15) is 17.3 Å². The van der Waals surface area contributed by atoms with Crippen molar-refractivity contribution in [1.29, 1.82) is 5.41 Å². The maximum absolute atomic E-state index is 11.2. The van der Waals surface area contributed by atoms with Crippen LogP contribution in [0.4, 0.5) is 0 Å². The van der Waals surface area contributed by atoms with Crippen LogP contribution >= 0.6 is 0 Å². The fourth-order valence-electron chi connectivity index (χ4n) is 0.911. The number of ether oxygens (including phenoxy) is 1. The van der Waals surface area contributed by atoms with Crippen molar-refractivity contribution in [2.24, 2.45) is 7.05 Å². The van der Waals surface area contributed by atoms with E-state index in [2.05, 4.69) is 0 Å². The summed E-state index contributed by atoms with van der Waals surface area (Å²) in [5.74, 6) is -0.378. The number of aromatic nitrogens is 1. The summed E-state index contributed by atoms with van der Waals surface area (Å²) in [5.41, 5.74) is 0.704. The van der Waals surface area contributed by atoms with Crippen molar-refractivity contribution in [2.45, 2.75) is 6.92 Å². The molecule has 1 aromatic heterocycles. The molecule has 0 radical (unpaired) electrons. The Morgan fingerprint density at radius 3 is 2.92 bits per heavy atom. The molecular formula is C9H12N2O2. The number of nitrogens with zero attached hydrogens (tertiary/aromatic N) is 1. The third kappa shape index (κ3) is 2.18. The van der Waals surface area contributed by atoms with Crippen molar-refractivity contribution in [3.8, 4) is 0 Å². The minimum atomic E-state index is -0.378. The predicted molar refractivity (Wildman–Crippen MR) is 47.2 cm³/mol. The van der Waals surface area contributed by atoms with E-state index in [1.54, 1.807) is 30.8 Å². The molecule has 70 valence electrons. The quantitative estimate of drug-likeness (QED) is 0.680. The Bertz CT molecular complexity index is 368. The average Bonchev–Trinajstić information content (AvgIpc) is 2.10. The van der Waals surface area contributed by atoms with Gasteiger partial charge in [0.05, 0.1) is 12.2 Å². The SMILES string of the molecule is CCOC(=O)c1ccn(C)c(=N)c1. The van der Waals surface area contributed by atoms with Gasteiger partial charge in [0.2, 0.25) is 0 Å². The number of carbonyl (C=O) groups is 1. The molecule has 0 amide bonds. The average molecular weight is 180 g/mol. The van der Waals surface area contributed by atoms with E-state index in [1.807, 2.05) is 0 Å². The van der Waals surface area contributed by atoms with Gasteiger partial charge in [0, 0.05) is 13.2 Å². The van der Waals surface area contributed by atoms with Crippen LogP contribution in [0.3, 0.4) is 0 Å². The molecular weight excluding hydrogens is 168 g/mol. The second-order valence-corrected chi connectivity index (χ2v) is 2.63. The summed E-state index contributed by atoms with van der Waals surface area (Å²) in [4.78, 5) is 11.2. The first-order chi connectivity index (χ1) is 6.15. The zero-order valence-corrected chi connectivity index (χ0v) is 7.70. The van der Waals surface area contributed by atoms with E-state index < -0.39 is 0 Å². The molecule has 0 atom stereocenters. The van der Waals surface area contributed by atoms with Gasteiger partial charge in [-0.3, -0.25) is 5.41 Å². The fraction of sp³-hybridized carbons (Fsp3) is 0.333. The second kappa shape index (κ2) is 3.89. The molecule has 4 nitrogen and oxygen atoms in total. The van der Waals surface area contributed by atoms with Crippen LogP contribution in [0.15, 0.2) is 18.3 Å². The Morgan fingerprint density at radius 2 is 2.38 bits per heavy atom. The Labute approximate surface area is 76.3 Å². The van der Waals surface area contributed by atoms with Crippen molar-refractivity contribution in [2.75, 3.05) is 6.61 Å². The van der Waals surface area contributed by atoms with Crippen LogP contribution in [0, 0.1) is 5.41 Å². The first kappa shape index (κ1) is 9.51. The lowest BCUT2D eigenvalue weighted by atomic mass is 10.3. The monoisotopic (exact) mass is 180 g/mol. The predicted octanol–water partition coefficient (Wildman–Crippen LogP) is 0.681. The van der Waals surface area contributed by atoms with Gasteiger partial charge in [-0.05, 0) is 19.1 Å². The van der Waals surface area contributed by atoms with Crippen LogP contribution < -0.4 is 5.49 Å². The normalized spacial score (nSPS) is 9.69. The Hall–Kier alpha value is -1.58. The largest absolute Gasteiger partial charge is 0.462 e. The third-order valence-corrected chi connectivity index (χ3v) is 1.66. The molecule has 0 spiro atoms. The van der Waals surface area contributed by atoms with Gasteiger partial charge < -0.3 is 9.30 Å². The number of pyridine rings is 1. The standard InChI is InChI=1S/C9H12N2O2/c1-3-13-9(12)7-4-5-11(2)8(10)6-7/h4-6,10H,3H2,1-2H3. The summed E-state index contributed by atoms with van der Waals surface area (Å²) in [5, 5.41) is 7.44. The maximum atomic E-state index is 11.2. The van der Waals surface area contributed by atoms with Gasteiger partial charge in [-0.1, -0.05) is 0 Å². The van der Waals surface area contributed by atoms with Gasteiger partial charge in [0.15, 0.2) is 0 Å². The van der Waals surface area contributed by atoms with E-state index in [4.69, 9.17) is 10.1 Å². The lowest BCUT2D eigenvalue weighted by molar-refractivity contribution is 0.0526. The first-order valence-corrected chi connectivity index (χ1v) is 4.03. The molecule has 0 saturated carbocycles. The number of nitrogens with one attached hydrogen (secondary N) is 1. The number of carbonyl (C=O) groups excluding carboxylic acids is 1. The molecule has 1 rings (SSSR count). The highest BCUT2D eigenvalue weighted by molar-refractivity contribution is 5.89. The topological polar surface area (TPSA) is 55.1 Å². The smallest absolute Gasteiger partial charge is 0.338 e. The van der Waals surface area contributed by atoms with Crippen molar-refractivity contribution in [3.05, 3.63) is 29.4 Å². The van der Waals surface area contributed by atoms with Gasteiger partial charge in [-0.15, -0.1) is 0 Å². The molecule has 0 unspecified atom stereocenters. The van der Waals surface area contributed by atoms with Crippen LogP contribution in [0.5, 0.6) is 0 Å².